The summed E-state index contributed by atoms with van der Waals surface area (Å²) < 4.78 is 31.8. The third kappa shape index (κ3) is 3.94. The monoisotopic (exact) mass is 283 g/mol. The number of hydrogen-bond donors (Lipinski definition) is 1. The van der Waals surface area contributed by atoms with Crippen LogP contribution in [0.15, 0.2) is 24.3 Å². The molecular weight excluding hydrogens is 262 g/mol. The number of ether oxygens (including phenoxy) is 1. The van der Waals surface area contributed by atoms with Gasteiger partial charge in [0.2, 0.25) is 10.0 Å². The van der Waals surface area contributed by atoms with Gasteiger partial charge in [-0.05, 0) is 42.9 Å². The van der Waals surface area contributed by atoms with Crippen molar-refractivity contribution < 1.29 is 13.2 Å². The fraction of sp³-hybridized carbons (Fsp3) is 0.571. The van der Waals surface area contributed by atoms with E-state index in [1.54, 1.807) is 7.11 Å². The average molecular weight is 283 g/mol. The third-order valence-electron chi connectivity index (χ3n) is 3.35. The highest BCUT2D eigenvalue weighted by molar-refractivity contribution is 7.89. The van der Waals surface area contributed by atoms with Gasteiger partial charge in [-0.25, -0.2) is 13.1 Å². The van der Waals surface area contributed by atoms with Crippen molar-refractivity contribution in [1.82, 2.24) is 4.72 Å². The van der Waals surface area contributed by atoms with Crippen LogP contribution in [0.5, 0.6) is 5.75 Å². The van der Waals surface area contributed by atoms with E-state index < -0.39 is 10.0 Å². The van der Waals surface area contributed by atoms with Gasteiger partial charge in [0.15, 0.2) is 0 Å². The van der Waals surface area contributed by atoms with Crippen molar-refractivity contribution in [2.45, 2.75) is 32.2 Å². The molecule has 4 nitrogen and oxygen atoms in total. The summed E-state index contributed by atoms with van der Waals surface area (Å²) in [4.78, 5) is 0. The fourth-order valence-corrected chi connectivity index (χ4v) is 3.57. The van der Waals surface area contributed by atoms with E-state index in [0.29, 0.717) is 12.3 Å². The summed E-state index contributed by atoms with van der Waals surface area (Å²) in [6, 6.07) is 7.53. The molecule has 1 aromatic rings. The molecule has 5 heteroatoms. The normalized spacial score (nSPS) is 17.2. The smallest absolute Gasteiger partial charge is 0.212 e. The lowest BCUT2D eigenvalue weighted by Gasteiger charge is -2.19. The van der Waals surface area contributed by atoms with Crippen LogP contribution in [0.25, 0.3) is 0 Å². The Hall–Kier alpha value is -1.07. The molecule has 1 saturated carbocycles. The molecule has 2 rings (SSSR count). The Balaban J connectivity index is 2.15. The van der Waals surface area contributed by atoms with Crippen molar-refractivity contribution >= 4 is 10.0 Å². The van der Waals surface area contributed by atoms with E-state index in [-0.39, 0.29) is 11.8 Å². The highest BCUT2D eigenvalue weighted by Gasteiger charge is 2.34. The Kier molecular flexibility index (Phi) is 4.47. The largest absolute Gasteiger partial charge is 0.497 e. The SMILES string of the molecule is CCCS(=O)(=O)NC(c1ccc(OC)cc1)C1CC1. The van der Waals surface area contributed by atoms with Crippen molar-refractivity contribution in [2.75, 3.05) is 12.9 Å². The van der Waals surface area contributed by atoms with Gasteiger partial charge in [0, 0.05) is 6.04 Å². The molecule has 0 aromatic heterocycles. The van der Waals surface area contributed by atoms with Crippen LogP contribution in [-0.4, -0.2) is 21.3 Å². The van der Waals surface area contributed by atoms with Crippen LogP contribution >= 0.6 is 0 Å². The maximum absolute atomic E-state index is 11.9. The Labute approximate surface area is 115 Å². The van der Waals surface area contributed by atoms with Crippen LogP contribution in [-0.2, 0) is 10.0 Å². The molecule has 1 aliphatic carbocycles. The minimum Gasteiger partial charge on any atom is -0.497 e. The van der Waals surface area contributed by atoms with E-state index in [2.05, 4.69) is 4.72 Å². The van der Waals surface area contributed by atoms with Crippen LogP contribution in [0.1, 0.15) is 37.8 Å². The lowest BCUT2D eigenvalue weighted by atomic mass is 10.0. The van der Waals surface area contributed by atoms with Crippen LogP contribution in [0, 0.1) is 5.92 Å². The van der Waals surface area contributed by atoms with E-state index in [1.807, 2.05) is 31.2 Å². The zero-order valence-electron chi connectivity index (χ0n) is 11.4. The highest BCUT2D eigenvalue weighted by atomic mass is 32.2. The maximum Gasteiger partial charge on any atom is 0.212 e. The molecule has 1 unspecified atom stereocenters. The van der Waals surface area contributed by atoms with Gasteiger partial charge in [0.05, 0.1) is 12.9 Å². The van der Waals surface area contributed by atoms with Crippen molar-refractivity contribution in [3.63, 3.8) is 0 Å². The Morgan fingerprint density at radius 2 is 1.95 bits per heavy atom. The minimum atomic E-state index is -3.18. The first kappa shape index (κ1) is 14.3. The molecule has 1 fully saturated rings. The molecule has 0 aliphatic heterocycles. The molecule has 106 valence electrons. The predicted octanol–water partition coefficient (Wildman–Crippen LogP) is 2.48. The van der Waals surface area contributed by atoms with E-state index in [1.165, 1.54) is 0 Å². The second-order valence-corrected chi connectivity index (χ2v) is 6.90. The standard InChI is InChI=1S/C14H21NO3S/c1-3-10-19(16,17)15-14(11-4-5-11)12-6-8-13(18-2)9-7-12/h6-9,11,14-15H,3-5,10H2,1-2H3. The van der Waals surface area contributed by atoms with Crippen molar-refractivity contribution in [1.29, 1.82) is 0 Å². The molecule has 0 heterocycles. The van der Waals surface area contributed by atoms with Gasteiger partial charge in [0.25, 0.3) is 0 Å². The first-order valence-corrected chi connectivity index (χ1v) is 8.35. The van der Waals surface area contributed by atoms with Gasteiger partial charge in [-0.1, -0.05) is 19.1 Å². The van der Waals surface area contributed by atoms with Gasteiger partial charge in [-0.3, -0.25) is 0 Å². The fourth-order valence-electron chi connectivity index (χ4n) is 2.20. The highest BCUT2D eigenvalue weighted by Crippen LogP contribution is 2.41. The molecule has 1 atom stereocenters. The summed E-state index contributed by atoms with van der Waals surface area (Å²) in [6.07, 6.45) is 2.81. The van der Waals surface area contributed by atoms with E-state index in [4.69, 9.17) is 4.74 Å². The van der Waals surface area contributed by atoms with Crippen LogP contribution in [0.4, 0.5) is 0 Å². The number of methoxy groups -OCH3 is 1. The molecule has 1 aliphatic rings. The second-order valence-electron chi connectivity index (χ2n) is 5.02. The summed E-state index contributed by atoms with van der Waals surface area (Å²) in [5.41, 5.74) is 1.02. The zero-order valence-corrected chi connectivity index (χ0v) is 12.2. The Morgan fingerprint density at radius 1 is 1.32 bits per heavy atom. The van der Waals surface area contributed by atoms with Gasteiger partial charge < -0.3 is 4.74 Å². The number of sulfonamides is 1. The van der Waals surface area contributed by atoms with Gasteiger partial charge in [0.1, 0.15) is 5.75 Å². The summed E-state index contributed by atoms with van der Waals surface area (Å²) in [6.45, 7) is 1.87. The minimum absolute atomic E-state index is 0.0949. The first-order chi connectivity index (χ1) is 9.05. The second kappa shape index (κ2) is 5.92. The molecule has 1 aromatic carbocycles. The molecule has 0 radical (unpaired) electrons. The molecule has 1 N–H and O–H groups in total. The lowest BCUT2D eigenvalue weighted by Crippen LogP contribution is -2.31. The van der Waals surface area contributed by atoms with Crippen LogP contribution < -0.4 is 9.46 Å². The van der Waals surface area contributed by atoms with E-state index in [9.17, 15) is 8.42 Å². The quantitative estimate of drug-likeness (QED) is 0.836. The number of hydrogen-bond acceptors (Lipinski definition) is 3. The molecule has 0 spiro atoms. The number of rotatable bonds is 7. The Bertz CT molecular complexity index is 506. The van der Waals surface area contributed by atoms with Gasteiger partial charge in [-0.2, -0.15) is 0 Å². The van der Waals surface area contributed by atoms with E-state index in [0.717, 1.165) is 24.2 Å². The molecule has 0 saturated heterocycles. The zero-order chi connectivity index (χ0) is 13.9. The topological polar surface area (TPSA) is 55.4 Å². The summed E-state index contributed by atoms with van der Waals surface area (Å²) in [5, 5.41) is 0. The van der Waals surface area contributed by atoms with Crippen LogP contribution in [0.2, 0.25) is 0 Å². The van der Waals surface area contributed by atoms with Gasteiger partial charge >= 0.3 is 0 Å². The van der Waals surface area contributed by atoms with Gasteiger partial charge in [-0.15, -0.1) is 0 Å². The molecule has 0 bridgehead atoms. The summed E-state index contributed by atoms with van der Waals surface area (Å²) in [5.74, 6) is 1.40. The molecular formula is C14H21NO3S. The number of benzene rings is 1. The third-order valence-corrected chi connectivity index (χ3v) is 4.91. The lowest BCUT2D eigenvalue weighted by molar-refractivity contribution is 0.414. The molecule has 0 amide bonds. The van der Waals surface area contributed by atoms with Crippen molar-refractivity contribution in [2.24, 2.45) is 5.92 Å². The first-order valence-electron chi connectivity index (χ1n) is 6.69. The van der Waals surface area contributed by atoms with Crippen LogP contribution in [0.3, 0.4) is 0 Å². The molecule has 19 heavy (non-hydrogen) atoms. The number of nitrogens with one attached hydrogen (secondary N) is 1. The van der Waals surface area contributed by atoms with Crippen molar-refractivity contribution in [3.05, 3.63) is 29.8 Å². The maximum atomic E-state index is 11.9. The van der Waals surface area contributed by atoms with E-state index >= 15 is 0 Å². The summed E-state index contributed by atoms with van der Waals surface area (Å²) in [7, 11) is -1.56. The van der Waals surface area contributed by atoms with Crippen molar-refractivity contribution in [3.8, 4) is 5.75 Å². The Morgan fingerprint density at radius 3 is 2.42 bits per heavy atom. The average Bonchev–Trinajstić information content (AvgIpc) is 3.20. The predicted molar refractivity (Wildman–Crippen MR) is 75.7 cm³/mol. The summed E-state index contributed by atoms with van der Waals surface area (Å²) >= 11 is 0.